The van der Waals surface area contributed by atoms with Crippen molar-refractivity contribution in [2.75, 3.05) is 24.2 Å². The first kappa shape index (κ1) is 28.7. The molecule has 0 aromatic heterocycles. The molecule has 37 heavy (non-hydrogen) atoms. The third-order valence-corrected chi connectivity index (χ3v) is 8.61. The van der Waals surface area contributed by atoms with Crippen LogP contribution in [0, 0.1) is 5.41 Å². The van der Waals surface area contributed by atoms with Gasteiger partial charge in [-0.2, -0.15) is 0 Å². The van der Waals surface area contributed by atoms with Gasteiger partial charge in [-0.1, -0.05) is 67.8 Å². The number of aryl methyl sites for hydroxylation is 1. The summed E-state index contributed by atoms with van der Waals surface area (Å²) >= 11 is 0. The predicted molar refractivity (Wildman–Crippen MR) is 147 cm³/mol. The molecule has 0 radical (unpaired) electrons. The third kappa shape index (κ3) is 9.81. The lowest BCUT2D eigenvalue weighted by Gasteiger charge is -2.34. The Morgan fingerprint density at radius 3 is 2.22 bits per heavy atom. The number of rotatable bonds is 15. The van der Waals surface area contributed by atoms with Crippen LogP contribution in [-0.2, 0) is 26.0 Å². The zero-order valence-corrected chi connectivity index (χ0v) is 22.3. The Morgan fingerprint density at radius 1 is 0.919 bits per heavy atom. The fourth-order valence-corrected chi connectivity index (χ4v) is 6.29. The molecule has 1 fully saturated rings. The normalized spacial score (nSPS) is 16.0. The molecule has 5 N–H and O–H groups in total. The number of nitrogens with one attached hydrogen (secondary N) is 3. The van der Waals surface area contributed by atoms with Crippen LogP contribution in [0.1, 0.15) is 56.9 Å². The summed E-state index contributed by atoms with van der Waals surface area (Å²) in [6.07, 6.45) is 6.05. The van der Waals surface area contributed by atoms with Crippen LogP contribution in [0.15, 0.2) is 60.7 Å². The minimum atomic E-state index is -3.62. The zero-order valence-electron chi connectivity index (χ0n) is 21.5. The highest BCUT2D eigenvalue weighted by molar-refractivity contribution is 7.89. The van der Waals surface area contributed by atoms with Crippen molar-refractivity contribution in [2.24, 2.45) is 11.1 Å². The van der Waals surface area contributed by atoms with E-state index >= 15 is 0 Å². The molecule has 0 aliphatic heterocycles. The van der Waals surface area contributed by atoms with Gasteiger partial charge >= 0.3 is 0 Å². The first-order chi connectivity index (χ1) is 17.8. The summed E-state index contributed by atoms with van der Waals surface area (Å²) in [7, 11) is -3.62. The second kappa shape index (κ2) is 14.1. The van der Waals surface area contributed by atoms with E-state index in [9.17, 15) is 18.0 Å². The van der Waals surface area contributed by atoms with Gasteiger partial charge in [-0.3, -0.25) is 9.59 Å². The average molecular weight is 529 g/mol. The Kier molecular flexibility index (Phi) is 11.0. The van der Waals surface area contributed by atoms with E-state index < -0.39 is 21.5 Å². The minimum absolute atomic E-state index is 0.152. The number of nitrogens with two attached hydrogens (primary N) is 1. The van der Waals surface area contributed by atoms with Crippen molar-refractivity contribution in [3.8, 4) is 0 Å². The summed E-state index contributed by atoms with van der Waals surface area (Å²) in [5.74, 6) is -0.792. The average Bonchev–Trinajstić information content (AvgIpc) is 2.90. The molecule has 8 nitrogen and oxygen atoms in total. The first-order valence-electron chi connectivity index (χ1n) is 13.2. The number of primary amides is 1. The van der Waals surface area contributed by atoms with Crippen LogP contribution in [-0.4, -0.2) is 45.1 Å². The quantitative estimate of drug-likeness (QED) is 0.263. The molecule has 0 spiro atoms. The number of amides is 2. The first-order valence-corrected chi connectivity index (χ1v) is 14.8. The maximum Gasteiger partial charge on any atom is 0.223 e. The van der Waals surface area contributed by atoms with E-state index in [0.717, 1.165) is 30.5 Å². The van der Waals surface area contributed by atoms with Crippen molar-refractivity contribution >= 4 is 27.5 Å². The van der Waals surface area contributed by atoms with E-state index in [2.05, 4.69) is 15.4 Å². The monoisotopic (exact) mass is 528 g/mol. The van der Waals surface area contributed by atoms with Crippen molar-refractivity contribution in [2.45, 2.75) is 63.8 Å². The third-order valence-electron chi connectivity index (χ3n) is 7.12. The summed E-state index contributed by atoms with van der Waals surface area (Å²) in [5, 5.41) is 6.11. The Labute approximate surface area is 220 Å². The number of hydrogen-bond acceptors (Lipinski definition) is 5. The van der Waals surface area contributed by atoms with Gasteiger partial charge in [0.15, 0.2) is 0 Å². The van der Waals surface area contributed by atoms with E-state index in [-0.39, 0.29) is 30.5 Å². The van der Waals surface area contributed by atoms with Gasteiger partial charge in [-0.05, 0) is 49.8 Å². The molecule has 202 valence electrons. The summed E-state index contributed by atoms with van der Waals surface area (Å²) in [4.78, 5) is 25.1. The molecule has 1 saturated carbocycles. The second-order valence-corrected chi connectivity index (χ2v) is 11.8. The van der Waals surface area contributed by atoms with Crippen LogP contribution in [0.5, 0.6) is 0 Å². The van der Waals surface area contributed by atoms with E-state index in [0.29, 0.717) is 38.6 Å². The number of carbonyl (C=O) groups excluding carboxylic acids is 2. The molecular formula is C28H40N4O4S. The highest BCUT2D eigenvalue weighted by Gasteiger charge is 2.38. The number of para-hydroxylation sites is 1. The smallest absolute Gasteiger partial charge is 0.223 e. The number of carbonyl (C=O) groups is 2. The van der Waals surface area contributed by atoms with Crippen molar-refractivity contribution < 1.29 is 18.0 Å². The molecule has 1 atom stereocenters. The van der Waals surface area contributed by atoms with E-state index in [1.165, 1.54) is 0 Å². The van der Waals surface area contributed by atoms with Gasteiger partial charge in [0, 0.05) is 36.7 Å². The summed E-state index contributed by atoms with van der Waals surface area (Å²) in [6.45, 7) is 0.678. The zero-order chi connectivity index (χ0) is 26.6. The number of benzene rings is 2. The van der Waals surface area contributed by atoms with Crippen molar-refractivity contribution in [3.63, 3.8) is 0 Å². The Balaban J connectivity index is 1.55. The highest BCUT2D eigenvalue weighted by Crippen LogP contribution is 2.40. The number of anilines is 1. The molecular weight excluding hydrogens is 488 g/mol. The molecule has 1 aliphatic carbocycles. The van der Waals surface area contributed by atoms with Crippen LogP contribution >= 0.6 is 0 Å². The van der Waals surface area contributed by atoms with Crippen LogP contribution in [0.3, 0.4) is 0 Å². The Hall–Kier alpha value is -2.91. The SMILES string of the molecule is NC(=O)C1(CCC(=O)NC(CCc2ccccc2)CS(=O)(=O)NCCNc2ccccc2)CCCCC1. The molecule has 0 heterocycles. The van der Waals surface area contributed by atoms with Gasteiger partial charge in [0.05, 0.1) is 5.75 Å². The second-order valence-electron chi connectivity index (χ2n) is 9.96. The number of sulfonamides is 1. The predicted octanol–water partition coefficient (Wildman–Crippen LogP) is 3.35. The minimum Gasteiger partial charge on any atom is -0.384 e. The molecule has 2 aromatic rings. The van der Waals surface area contributed by atoms with Crippen molar-refractivity contribution in [1.82, 2.24) is 10.0 Å². The van der Waals surface area contributed by atoms with E-state index in [1.54, 1.807) is 0 Å². The van der Waals surface area contributed by atoms with Gasteiger partial charge in [0.25, 0.3) is 0 Å². The maximum absolute atomic E-state index is 12.9. The fraction of sp³-hybridized carbons (Fsp3) is 0.500. The van der Waals surface area contributed by atoms with Gasteiger partial charge in [0.1, 0.15) is 0 Å². The molecule has 0 saturated heterocycles. The lowest BCUT2D eigenvalue weighted by Crippen LogP contribution is -2.45. The Bertz CT molecular complexity index is 1090. The van der Waals surface area contributed by atoms with Gasteiger partial charge in [0.2, 0.25) is 21.8 Å². The van der Waals surface area contributed by atoms with Gasteiger partial charge < -0.3 is 16.4 Å². The maximum atomic E-state index is 12.9. The lowest BCUT2D eigenvalue weighted by molar-refractivity contribution is -0.131. The molecule has 1 aliphatic rings. The van der Waals surface area contributed by atoms with Crippen molar-refractivity contribution in [1.29, 1.82) is 0 Å². The lowest BCUT2D eigenvalue weighted by atomic mass is 9.70. The fourth-order valence-electron chi connectivity index (χ4n) is 4.98. The Morgan fingerprint density at radius 2 is 1.57 bits per heavy atom. The summed E-state index contributed by atoms with van der Waals surface area (Å²) < 4.78 is 28.3. The largest absolute Gasteiger partial charge is 0.384 e. The highest BCUT2D eigenvalue weighted by atomic mass is 32.2. The molecule has 1 unspecified atom stereocenters. The van der Waals surface area contributed by atoms with Crippen LogP contribution in [0.4, 0.5) is 5.69 Å². The van der Waals surface area contributed by atoms with Crippen LogP contribution in [0.25, 0.3) is 0 Å². The molecule has 0 bridgehead atoms. The van der Waals surface area contributed by atoms with Crippen LogP contribution < -0.4 is 21.1 Å². The van der Waals surface area contributed by atoms with Crippen molar-refractivity contribution in [3.05, 3.63) is 66.2 Å². The molecule has 9 heteroatoms. The summed E-state index contributed by atoms with van der Waals surface area (Å²) in [5.41, 5.74) is 7.08. The van der Waals surface area contributed by atoms with E-state index in [4.69, 9.17) is 5.73 Å². The van der Waals surface area contributed by atoms with Gasteiger partial charge in [-0.15, -0.1) is 0 Å². The van der Waals surface area contributed by atoms with E-state index in [1.807, 2.05) is 60.7 Å². The molecule has 2 amide bonds. The number of hydrogen-bond donors (Lipinski definition) is 4. The molecule has 3 rings (SSSR count). The standard InChI is InChI=1S/C28H40N4O4S/c29-27(34)28(17-8-3-9-18-28)19-16-26(33)32-25(15-14-23-10-4-1-5-11-23)22-37(35,36)31-21-20-30-24-12-6-2-7-13-24/h1-2,4-7,10-13,25,30-31H,3,8-9,14-22H2,(H2,29,34)(H,32,33). The molecule has 2 aromatic carbocycles. The summed E-state index contributed by atoms with van der Waals surface area (Å²) in [6, 6.07) is 18.8. The topological polar surface area (TPSA) is 130 Å². The van der Waals surface area contributed by atoms with Gasteiger partial charge in [-0.25, -0.2) is 13.1 Å². The van der Waals surface area contributed by atoms with Crippen LogP contribution in [0.2, 0.25) is 0 Å².